The molecule has 0 aromatic carbocycles. The van der Waals surface area contributed by atoms with E-state index in [0.717, 1.165) is 41.9 Å². The minimum absolute atomic E-state index is 0.0170. The molecule has 1 fully saturated rings. The first-order valence-electron chi connectivity index (χ1n) is 8.55. The fourth-order valence-corrected chi connectivity index (χ4v) is 3.78. The Morgan fingerprint density at radius 1 is 1.20 bits per heavy atom. The van der Waals surface area contributed by atoms with E-state index in [4.69, 9.17) is 0 Å². The van der Waals surface area contributed by atoms with Crippen molar-refractivity contribution in [1.29, 1.82) is 0 Å². The lowest BCUT2D eigenvalue weighted by atomic mass is 9.89. The van der Waals surface area contributed by atoms with E-state index in [9.17, 15) is 9.59 Å². The summed E-state index contributed by atoms with van der Waals surface area (Å²) in [7, 11) is 1.72. The summed E-state index contributed by atoms with van der Waals surface area (Å²) >= 11 is 1.35. The molecule has 0 spiro atoms. The van der Waals surface area contributed by atoms with Crippen molar-refractivity contribution < 1.29 is 9.59 Å². The molecule has 1 saturated carbocycles. The zero-order valence-electron chi connectivity index (χ0n) is 14.8. The maximum atomic E-state index is 12.4. The van der Waals surface area contributed by atoms with Crippen molar-refractivity contribution in [3.63, 3.8) is 0 Å². The quantitative estimate of drug-likeness (QED) is 0.875. The van der Waals surface area contributed by atoms with Gasteiger partial charge in [-0.15, -0.1) is 0 Å². The maximum Gasteiger partial charge on any atom is 0.276 e. The molecule has 2 aromatic rings. The van der Waals surface area contributed by atoms with Crippen LogP contribution in [0.2, 0.25) is 0 Å². The van der Waals surface area contributed by atoms with Gasteiger partial charge >= 0.3 is 0 Å². The minimum Gasteiger partial charge on any atom is -0.318 e. The van der Waals surface area contributed by atoms with Crippen LogP contribution in [0.5, 0.6) is 0 Å². The van der Waals surface area contributed by atoms with Gasteiger partial charge in [0.25, 0.3) is 5.91 Å². The van der Waals surface area contributed by atoms with E-state index in [2.05, 4.69) is 20.1 Å². The lowest BCUT2D eigenvalue weighted by Crippen LogP contribution is -2.25. The number of hydrogen-bond acceptors (Lipinski definition) is 5. The van der Waals surface area contributed by atoms with Crippen molar-refractivity contribution in [2.45, 2.75) is 46.0 Å². The smallest absolute Gasteiger partial charge is 0.276 e. The third-order valence-electron chi connectivity index (χ3n) is 4.61. The Morgan fingerprint density at radius 3 is 2.56 bits per heavy atom. The van der Waals surface area contributed by atoms with Gasteiger partial charge in [0, 0.05) is 23.9 Å². The van der Waals surface area contributed by atoms with Crippen molar-refractivity contribution in [2.24, 2.45) is 13.0 Å². The number of nitrogens with one attached hydrogen (secondary N) is 2. The van der Waals surface area contributed by atoms with Crippen molar-refractivity contribution in [1.82, 2.24) is 14.2 Å². The third-order valence-corrected chi connectivity index (χ3v) is 5.45. The predicted molar refractivity (Wildman–Crippen MR) is 98.0 cm³/mol. The highest BCUT2D eigenvalue weighted by molar-refractivity contribution is 7.06. The molecule has 0 saturated heterocycles. The molecule has 3 rings (SSSR count). The van der Waals surface area contributed by atoms with Gasteiger partial charge in [0.15, 0.2) is 5.69 Å². The number of hydrogen-bond donors (Lipinski definition) is 2. The summed E-state index contributed by atoms with van der Waals surface area (Å²) in [5, 5.41) is 9.98. The van der Waals surface area contributed by atoms with Gasteiger partial charge in [0.05, 0.1) is 11.4 Å². The Morgan fingerprint density at radius 2 is 1.92 bits per heavy atom. The summed E-state index contributed by atoms with van der Waals surface area (Å²) in [5.41, 5.74) is 1.79. The van der Waals surface area contributed by atoms with Crippen LogP contribution in [-0.2, 0) is 11.8 Å². The summed E-state index contributed by atoms with van der Waals surface area (Å²) in [6.07, 6.45) is 5.27. The largest absolute Gasteiger partial charge is 0.318 e. The van der Waals surface area contributed by atoms with Gasteiger partial charge in [-0.05, 0) is 38.2 Å². The Kier molecular flexibility index (Phi) is 5.17. The summed E-state index contributed by atoms with van der Waals surface area (Å²) < 4.78 is 5.75. The van der Waals surface area contributed by atoms with E-state index in [1.165, 1.54) is 22.6 Å². The summed E-state index contributed by atoms with van der Waals surface area (Å²) in [5.74, 6) is 0.310. The van der Waals surface area contributed by atoms with E-state index in [0.29, 0.717) is 5.82 Å². The fraction of sp³-hybridized carbons (Fsp3) is 0.529. The highest BCUT2D eigenvalue weighted by Crippen LogP contribution is 2.26. The summed E-state index contributed by atoms with van der Waals surface area (Å²) in [6, 6.07) is 1.61. The molecule has 0 atom stereocenters. The Hall–Kier alpha value is -2.22. The zero-order valence-corrected chi connectivity index (χ0v) is 15.6. The van der Waals surface area contributed by atoms with Crippen LogP contribution in [0.1, 0.15) is 53.2 Å². The highest BCUT2D eigenvalue weighted by atomic mass is 32.1. The van der Waals surface area contributed by atoms with E-state index in [-0.39, 0.29) is 23.4 Å². The maximum absolute atomic E-state index is 12.4. The third kappa shape index (κ3) is 3.89. The molecule has 0 bridgehead atoms. The van der Waals surface area contributed by atoms with E-state index in [1.54, 1.807) is 13.1 Å². The van der Waals surface area contributed by atoms with Crippen LogP contribution in [0.25, 0.3) is 0 Å². The molecule has 0 radical (unpaired) electrons. The number of aromatic nitrogens is 3. The van der Waals surface area contributed by atoms with Crippen LogP contribution in [0.3, 0.4) is 0 Å². The number of carbonyl (C=O) groups is 2. The van der Waals surface area contributed by atoms with Crippen molar-refractivity contribution in [3.05, 3.63) is 22.3 Å². The molecule has 134 valence electrons. The summed E-state index contributed by atoms with van der Waals surface area (Å²) in [4.78, 5) is 25.8. The highest BCUT2D eigenvalue weighted by Gasteiger charge is 2.23. The normalized spacial score (nSPS) is 15.2. The molecule has 2 N–H and O–H groups in total. The van der Waals surface area contributed by atoms with Crippen LogP contribution in [0, 0.1) is 19.8 Å². The lowest BCUT2D eigenvalue weighted by molar-refractivity contribution is -0.120. The number of rotatable bonds is 4. The molecule has 2 aromatic heterocycles. The predicted octanol–water partition coefficient (Wildman–Crippen LogP) is 3.26. The first kappa shape index (κ1) is 17.6. The number of nitrogens with zero attached hydrogens (tertiary/aromatic N) is 3. The molecule has 8 heteroatoms. The molecule has 2 amide bonds. The van der Waals surface area contributed by atoms with Crippen LogP contribution < -0.4 is 10.6 Å². The second-order valence-corrected chi connectivity index (χ2v) is 7.49. The van der Waals surface area contributed by atoms with Gasteiger partial charge in [0.2, 0.25) is 5.91 Å². The van der Waals surface area contributed by atoms with Gasteiger partial charge < -0.3 is 10.6 Å². The fourth-order valence-electron chi connectivity index (χ4n) is 3.13. The summed E-state index contributed by atoms with van der Waals surface area (Å²) in [6.45, 7) is 3.77. The van der Waals surface area contributed by atoms with Gasteiger partial charge in [-0.25, -0.2) is 0 Å². The Bertz CT molecular complexity index is 770. The van der Waals surface area contributed by atoms with Crippen molar-refractivity contribution >= 4 is 34.9 Å². The zero-order chi connectivity index (χ0) is 18.0. The second-order valence-electron chi connectivity index (χ2n) is 6.52. The van der Waals surface area contributed by atoms with Crippen molar-refractivity contribution in [3.8, 4) is 0 Å². The monoisotopic (exact) mass is 361 g/mol. The van der Waals surface area contributed by atoms with E-state index >= 15 is 0 Å². The van der Waals surface area contributed by atoms with E-state index in [1.807, 2.05) is 13.8 Å². The van der Waals surface area contributed by atoms with Crippen LogP contribution in [-0.4, -0.2) is 26.0 Å². The van der Waals surface area contributed by atoms with Crippen LogP contribution in [0.4, 0.5) is 11.5 Å². The molecular formula is C17H23N5O2S. The Balaban J connectivity index is 1.69. The molecule has 1 aliphatic rings. The van der Waals surface area contributed by atoms with Crippen LogP contribution in [0.15, 0.2) is 6.07 Å². The molecule has 1 aliphatic carbocycles. The molecule has 25 heavy (non-hydrogen) atoms. The van der Waals surface area contributed by atoms with Gasteiger partial charge in [-0.1, -0.05) is 19.3 Å². The standard InChI is InChI=1S/C17H23N5O2S/c1-10-15(11(2)25-21-10)19-17(24)13-9-14(22(3)20-13)18-16(23)12-7-5-4-6-8-12/h9,12H,4-8H2,1-3H3,(H,18,23)(H,19,24). The van der Waals surface area contributed by atoms with Gasteiger partial charge in [-0.2, -0.15) is 9.47 Å². The van der Waals surface area contributed by atoms with Gasteiger partial charge in [0.1, 0.15) is 5.82 Å². The average Bonchev–Trinajstić information content (AvgIpc) is 3.12. The SMILES string of the molecule is Cc1nsc(C)c1NC(=O)c1cc(NC(=O)C2CCCCC2)n(C)n1. The first-order chi connectivity index (χ1) is 12.0. The first-order valence-corrected chi connectivity index (χ1v) is 9.32. The number of amides is 2. The molecule has 7 nitrogen and oxygen atoms in total. The number of carbonyl (C=O) groups excluding carboxylic acids is 2. The number of aryl methyl sites for hydroxylation is 3. The molecule has 0 aliphatic heterocycles. The minimum atomic E-state index is -0.305. The topological polar surface area (TPSA) is 88.9 Å². The van der Waals surface area contributed by atoms with Crippen LogP contribution >= 0.6 is 11.5 Å². The molecular weight excluding hydrogens is 338 g/mol. The second kappa shape index (κ2) is 7.35. The molecule has 0 unspecified atom stereocenters. The Labute approximate surface area is 151 Å². The lowest BCUT2D eigenvalue weighted by Gasteiger charge is -2.20. The van der Waals surface area contributed by atoms with E-state index < -0.39 is 0 Å². The molecule has 2 heterocycles. The number of anilines is 2. The average molecular weight is 361 g/mol. The van der Waals surface area contributed by atoms with Crippen molar-refractivity contribution in [2.75, 3.05) is 10.6 Å². The van der Waals surface area contributed by atoms with Gasteiger partial charge in [-0.3, -0.25) is 14.3 Å².